The Morgan fingerprint density at radius 3 is 2.56 bits per heavy atom. The molecule has 2 rings (SSSR count). The molecule has 1 aromatic carbocycles. The molecule has 0 aliphatic carbocycles. The van der Waals surface area contributed by atoms with Crippen molar-refractivity contribution in [3.05, 3.63) is 35.6 Å². The van der Waals surface area contributed by atoms with Gasteiger partial charge < -0.3 is 9.73 Å². The number of hydrogen-bond acceptors (Lipinski definition) is 2. The molecule has 18 heavy (non-hydrogen) atoms. The summed E-state index contributed by atoms with van der Waals surface area (Å²) in [5, 5.41) is 4.86. The van der Waals surface area contributed by atoms with Crippen molar-refractivity contribution in [1.82, 2.24) is 5.32 Å². The van der Waals surface area contributed by atoms with Gasteiger partial charge in [0.25, 0.3) is 0 Å². The van der Waals surface area contributed by atoms with E-state index < -0.39 is 0 Å². The predicted molar refractivity (Wildman–Crippen MR) is 76.8 cm³/mol. The molecule has 1 N–H and O–H groups in total. The second-order valence-corrected chi connectivity index (χ2v) is 5.44. The van der Waals surface area contributed by atoms with Gasteiger partial charge in [0.2, 0.25) is 0 Å². The highest BCUT2D eigenvalue weighted by Crippen LogP contribution is 2.26. The SMILES string of the molecule is CCc1oc2ccccc2c1CNC(C)(C)CC. The monoisotopic (exact) mass is 245 g/mol. The molecule has 0 bridgehead atoms. The first kappa shape index (κ1) is 13.2. The average molecular weight is 245 g/mol. The van der Waals surface area contributed by atoms with Gasteiger partial charge >= 0.3 is 0 Å². The van der Waals surface area contributed by atoms with Crippen molar-refractivity contribution >= 4 is 11.0 Å². The summed E-state index contributed by atoms with van der Waals surface area (Å²) in [5.74, 6) is 1.11. The van der Waals surface area contributed by atoms with E-state index in [1.165, 1.54) is 10.9 Å². The van der Waals surface area contributed by atoms with Gasteiger partial charge in [-0.15, -0.1) is 0 Å². The van der Waals surface area contributed by atoms with Crippen LogP contribution in [0.2, 0.25) is 0 Å². The minimum absolute atomic E-state index is 0.170. The topological polar surface area (TPSA) is 25.2 Å². The maximum Gasteiger partial charge on any atom is 0.134 e. The lowest BCUT2D eigenvalue weighted by molar-refractivity contribution is 0.373. The third-order valence-electron chi connectivity index (χ3n) is 3.73. The molecule has 0 fully saturated rings. The molecule has 2 aromatic rings. The number of rotatable bonds is 5. The van der Waals surface area contributed by atoms with Crippen LogP contribution in [0.15, 0.2) is 28.7 Å². The molecule has 0 aliphatic heterocycles. The summed E-state index contributed by atoms with van der Waals surface area (Å²) in [7, 11) is 0. The molecule has 0 radical (unpaired) electrons. The molecule has 0 spiro atoms. The maximum atomic E-state index is 5.91. The second kappa shape index (κ2) is 5.15. The first-order chi connectivity index (χ1) is 8.57. The van der Waals surface area contributed by atoms with E-state index in [1.807, 2.05) is 12.1 Å². The van der Waals surface area contributed by atoms with E-state index in [-0.39, 0.29) is 5.54 Å². The number of aryl methyl sites for hydroxylation is 1. The molecule has 1 heterocycles. The van der Waals surface area contributed by atoms with E-state index in [9.17, 15) is 0 Å². The molecule has 0 atom stereocenters. The second-order valence-electron chi connectivity index (χ2n) is 5.44. The Kier molecular flexibility index (Phi) is 3.76. The lowest BCUT2D eigenvalue weighted by Gasteiger charge is -2.24. The lowest BCUT2D eigenvalue weighted by Crippen LogP contribution is -2.37. The predicted octanol–water partition coefficient (Wildman–Crippen LogP) is 4.27. The minimum Gasteiger partial charge on any atom is -0.461 e. The Morgan fingerprint density at radius 2 is 1.89 bits per heavy atom. The first-order valence-corrected chi connectivity index (χ1v) is 6.81. The summed E-state index contributed by atoms with van der Waals surface area (Å²) in [6.07, 6.45) is 2.06. The highest BCUT2D eigenvalue weighted by molar-refractivity contribution is 5.82. The van der Waals surface area contributed by atoms with E-state index in [1.54, 1.807) is 0 Å². The zero-order chi connectivity index (χ0) is 13.2. The molecule has 98 valence electrons. The summed E-state index contributed by atoms with van der Waals surface area (Å²) >= 11 is 0. The van der Waals surface area contributed by atoms with Crippen LogP contribution < -0.4 is 5.32 Å². The Hall–Kier alpha value is -1.28. The maximum absolute atomic E-state index is 5.91. The molecule has 0 saturated heterocycles. The van der Waals surface area contributed by atoms with Crippen molar-refractivity contribution in [2.75, 3.05) is 0 Å². The van der Waals surface area contributed by atoms with Crippen molar-refractivity contribution in [2.45, 2.75) is 52.6 Å². The number of benzene rings is 1. The quantitative estimate of drug-likeness (QED) is 0.850. The van der Waals surface area contributed by atoms with E-state index in [0.717, 1.165) is 30.7 Å². The zero-order valence-corrected chi connectivity index (χ0v) is 11.8. The van der Waals surface area contributed by atoms with Gasteiger partial charge in [0.05, 0.1) is 0 Å². The van der Waals surface area contributed by atoms with Crippen molar-refractivity contribution in [3.8, 4) is 0 Å². The smallest absolute Gasteiger partial charge is 0.134 e. The van der Waals surface area contributed by atoms with Gasteiger partial charge in [-0.05, 0) is 26.3 Å². The number of para-hydroxylation sites is 1. The summed E-state index contributed by atoms with van der Waals surface area (Å²) in [5.41, 5.74) is 2.48. The van der Waals surface area contributed by atoms with Crippen molar-refractivity contribution < 1.29 is 4.42 Å². The van der Waals surface area contributed by atoms with Crippen LogP contribution in [0.3, 0.4) is 0 Å². The highest BCUT2D eigenvalue weighted by atomic mass is 16.3. The number of hydrogen-bond donors (Lipinski definition) is 1. The van der Waals surface area contributed by atoms with E-state index in [4.69, 9.17) is 4.42 Å². The van der Waals surface area contributed by atoms with Crippen LogP contribution in [-0.4, -0.2) is 5.54 Å². The Bertz CT molecular complexity index is 525. The Labute approximate surface area is 109 Å². The largest absolute Gasteiger partial charge is 0.461 e. The van der Waals surface area contributed by atoms with Crippen LogP contribution in [0.5, 0.6) is 0 Å². The average Bonchev–Trinajstić information content (AvgIpc) is 2.74. The number of furan rings is 1. The molecule has 2 heteroatoms. The summed E-state index contributed by atoms with van der Waals surface area (Å²) in [6, 6.07) is 8.29. The summed E-state index contributed by atoms with van der Waals surface area (Å²) < 4.78 is 5.91. The fraction of sp³-hybridized carbons (Fsp3) is 0.500. The van der Waals surface area contributed by atoms with Crippen LogP contribution in [0.1, 0.15) is 45.4 Å². The fourth-order valence-electron chi connectivity index (χ4n) is 2.08. The summed E-state index contributed by atoms with van der Waals surface area (Å²) in [4.78, 5) is 0. The molecule has 1 aromatic heterocycles. The molecule has 0 aliphatic rings. The third-order valence-corrected chi connectivity index (χ3v) is 3.73. The van der Waals surface area contributed by atoms with E-state index in [0.29, 0.717) is 0 Å². The van der Waals surface area contributed by atoms with E-state index in [2.05, 4.69) is 45.1 Å². The summed E-state index contributed by atoms with van der Waals surface area (Å²) in [6.45, 7) is 9.70. The van der Waals surface area contributed by atoms with Crippen LogP contribution in [0, 0.1) is 0 Å². The Balaban J connectivity index is 2.31. The Morgan fingerprint density at radius 1 is 1.17 bits per heavy atom. The standard InChI is InChI=1S/C16H23NO/c1-5-14-13(11-17-16(3,4)6-2)12-9-7-8-10-15(12)18-14/h7-10,17H,5-6,11H2,1-4H3. The molecule has 2 nitrogen and oxygen atoms in total. The van der Waals surface area contributed by atoms with Gasteiger partial charge in [0.15, 0.2) is 0 Å². The van der Waals surface area contributed by atoms with Gasteiger partial charge in [-0.25, -0.2) is 0 Å². The molecular weight excluding hydrogens is 222 g/mol. The minimum atomic E-state index is 0.170. The zero-order valence-electron chi connectivity index (χ0n) is 11.8. The normalized spacial score (nSPS) is 12.2. The molecule has 0 amide bonds. The van der Waals surface area contributed by atoms with Crippen molar-refractivity contribution in [1.29, 1.82) is 0 Å². The van der Waals surface area contributed by atoms with Gasteiger partial charge in [-0.2, -0.15) is 0 Å². The molecule has 0 unspecified atom stereocenters. The lowest BCUT2D eigenvalue weighted by atomic mass is 10.0. The number of fused-ring (bicyclic) bond motifs is 1. The van der Waals surface area contributed by atoms with Gasteiger partial charge in [0.1, 0.15) is 11.3 Å². The first-order valence-electron chi connectivity index (χ1n) is 6.81. The van der Waals surface area contributed by atoms with Gasteiger partial charge in [-0.1, -0.05) is 32.0 Å². The molecule has 0 saturated carbocycles. The number of nitrogens with one attached hydrogen (secondary N) is 1. The fourth-order valence-corrected chi connectivity index (χ4v) is 2.08. The third kappa shape index (κ3) is 2.59. The van der Waals surface area contributed by atoms with Gasteiger partial charge in [-0.3, -0.25) is 0 Å². The van der Waals surface area contributed by atoms with Crippen LogP contribution in [0.4, 0.5) is 0 Å². The van der Waals surface area contributed by atoms with Crippen LogP contribution >= 0.6 is 0 Å². The van der Waals surface area contributed by atoms with Crippen LogP contribution in [-0.2, 0) is 13.0 Å². The van der Waals surface area contributed by atoms with Crippen molar-refractivity contribution in [2.24, 2.45) is 0 Å². The highest BCUT2D eigenvalue weighted by Gasteiger charge is 2.17. The van der Waals surface area contributed by atoms with Gasteiger partial charge in [0, 0.05) is 29.5 Å². The van der Waals surface area contributed by atoms with Crippen molar-refractivity contribution in [3.63, 3.8) is 0 Å². The van der Waals surface area contributed by atoms with Crippen LogP contribution in [0.25, 0.3) is 11.0 Å². The van der Waals surface area contributed by atoms with E-state index >= 15 is 0 Å². The molecular formula is C16H23NO.